The lowest BCUT2D eigenvalue weighted by Crippen LogP contribution is -2.34. The predicted octanol–water partition coefficient (Wildman–Crippen LogP) is -0.541. The number of sulfone groups is 1. The van der Waals surface area contributed by atoms with Gasteiger partial charge in [0.25, 0.3) is 5.91 Å². The van der Waals surface area contributed by atoms with Crippen LogP contribution in [0.15, 0.2) is 29.2 Å². The van der Waals surface area contributed by atoms with Gasteiger partial charge < -0.3 is 4.74 Å². The summed E-state index contributed by atoms with van der Waals surface area (Å²) in [5.74, 6) is 4.66. The summed E-state index contributed by atoms with van der Waals surface area (Å²) in [6.45, 7) is -0.260. The van der Waals surface area contributed by atoms with Crippen LogP contribution >= 0.6 is 0 Å². The van der Waals surface area contributed by atoms with Crippen LogP contribution in [0.4, 0.5) is 0 Å². The first-order valence-electron chi connectivity index (χ1n) is 4.36. The number of nitrogens with two attached hydrogens (primary N) is 1. The van der Waals surface area contributed by atoms with Crippen molar-refractivity contribution in [3.63, 3.8) is 0 Å². The number of rotatable bonds is 4. The lowest BCUT2D eigenvalue weighted by Gasteiger charge is -2.06. The number of ether oxygens (including phenoxy) is 1. The van der Waals surface area contributed by atoms with E-state index in [0.717, 1.165) is 6.26 Å². The first-order valence-corrected chi connectivity index (χ1v) is 6.25. The lowest BCUT2D eigenvalue weighted by molar-refractivity contribution is -0.123. The van der Waals surface area contributed by atoms with Gasteiger partial charge in [0.15, 0.2) is 16.4 Å². The van der Waals surface area contributed by atoms with Crippen molar-refractivity contribution in [2.45, 2.75) is 4.90 Å². The largest absolute Gasteiger partial charge is 0.484 e. The standard InChI is InChI=1S/C9H12N2O4S/c1-16(13,14)8-4-2-3-7(5-8)15-6-9(12)11-10/h2-5H,6,10H2,1H3,(H,11,12). The molecule has 7 heteroatoms. The first kappa shape index (κ1) is 12.5. The van der Waals surface area contributed by atoms with Gasteiger partial charge in [-0.25, -0.2) is 14.3 Å². The highest BCUT2D eigenvalue weighted by Crippen LogP contribution is 2.16. The Morgan fingerprint density at radius 2 is 2.19 bits per heavy atom. The van der Waals surface area contributed by atoms with Crippen LogP contribution in [-0.4, -0.2) is 27.2 Å². The normalized spacial score (nSPS) is 10.9. The quantitative estimate of drug-likeness (QED) is 0.421. The molecule has 0 radical (unpaired) electrons. The molecule has 1 aromatic carbocycles. The van der Waals surface area contributed by atoms with Gasteiger partial charge in [-0.1, -0.05) is 6.07 Å². The van der Waals surface area contributed by atoms with E-state index in [1.54, 1.807) is 6.07 Å². The molecule has 1 amide bonds. The van der Waals surface area contributed by atoms with Gasteiger partial charge in [0.05, 0.1) is 4.90 Å². The Bertz CT molecular complexity index is 484. The maximum atomic E-state index is 11.2. The average molecular weight is 244 g/mol. The molecular weight excluding hydrogens is 232 g/mol. The Hall–Kier alpha value is -1.60. The Morgan fingerprint density at radius 1 is 1.50 bits per heavy atom. The zero-order valence-electron chi connectivity index (χ0n) is 8.64. The fourth-order valence-electron chi connectivity index (χ4n) is 0.985. The van der Waals surface area contributed by atoms with E-state index in [1.807, 2.05) is 5.43 Å². The summed E-state index contributed by atoms with van der Waals surface area (Å²) >= 11 is 0. The van der Waals surface area contributed by atoms with Crippen molar-refractivity contribution in [3.05, 3.63) is 24.3 Å². The van der Waals surface area contributed by atoms with Crippen LogP contribution in [0.5, 0.6) is 5.75 Å². The summed E-state index contributed by atoms with van der Waals surface area (Å²) in [5, 5.41) is 0. The van der Waals surface area contributed by atoms with Gasteiger partial charge in [0.1, 0.15) is 5.75 Å². The molecule has 0 bridgehead atoms. The molecule has 0 saturated carbocycles. The Morgan fingerprint density at radius 3 is 2.75 bits per heavy atom. The van der Waals surface area contributed by atoms with Crippen molar-refractivity contribution in [2.24, 2.45) is 5.84 Å². The maximum absolute atomic E-state index is 11.2. The molecular formula is C9H12N2O4S. The third kappa shape index (κ3) is 3.52. The SMILES string of the molecule is CS(=O)(=O)c1cccc(OCC(=O)NN)c1. The molecule has 0 unspecified atom stereocenters. The number of benzene rings is 1. The minimum absolute atomic E-state index is 0.137. The van der Waals surface area contributed by atoms with E-state index in [2.05, 4.69) is 0 Å². The van der Waals surface area contributed by atoms with E-state index < -0.39 is 15.7 Å². The fourth-order valence-corrected chi connectivity index (χ4v) is 1.64. The van der Waals surface area contributed by atoms with Crippen molar-refractivity contribution in [3.8, 4) is 5.75 Å². The molecule has 0 spiro atoms. The van der Waals surface area contributed by atoms with Crippen LogP contribution in [0.25, 0.3) is 0 Å². The van der Waals surface area contributed by atoms with Crippen LogP contribution in [0.1, 0.15) is 0 Å². The monoisotopic (exact) mass is 244 g/mol. The van der Waals surface area contributed by atoms with Crippen molar-refractivity contribution in [2.75, 3.05) is 12.9 Å². The fraction of sp³-hybridized carbons (Fsp3) is 0.222. The molecule has 0 aliphatic rings. The van der Waals surface area contributed by atoms with Gasteiger partial charge in [0.2, 0.25) is 0 Å². The lowest BCUT2D eigenvalue weighted by atomic mass is 10.3. The molecule has 0 aromatic heterocycles. The molecule has 16 heavy (non-hydrogen) atoms. The average Bonchev–Trinajstić information content (AvgIpc) is 2.25. The van der Waals surface area contributed by atoms with Crippen LogP contribution in [0.2, 0.25) is 0 Å². The molecule has 0 atom stereocenters. The number of hydrogen-bond donors (Lipinski definition) is 2. The molecule has 0 heterocycles. The number of hydrogen-bond acceptors (Lipinski definition) is 5. The first-order chi connectivity index (χ1) is 7.43. The van der Waals surface area contributed by atoms with E-state index in [0.29, 0.717) is 5.75 Å². The zero-order valence-corrected chi connectivity index (χ0v) is 9.45. The second-order valence-electron chi connectivity index (χ2n) is 3.10. The van der Waals surface area contributed by atoms with Crippen LogP contribution < -0.4 is 16.0 Å². The van der Waals surface area contributed by atoms with Crippen molar-refractivity contribution >= 4 is 15.7 Å². The summed E-state index contributed by atoms with van der Waals surface area (Å²) in [6.07, 6.45) is 1.10. The Kier molecular flexibility index (Phi) is 3.86. The second kappa shape index (κ2) is 4.95. The summed E-state index contributed by atoms with van der Waals surface area (Å²) in [6, 6.07) is 5.88. The smallest absolute Gasteiger partial charge is 0.271 e. The molecule has 1 rings (SSSR count). The van der Waals surface area contributed by atoms with Crippen LogP contribution in [0, 0.1) is 0 Å². The Balaban J connectivity index is 2.80. The highest BCUT2D eigenvalue weighted by Gasteiger charge is 2.08. The molecule has 1 aromatic rings. The summed E-state index contributed by atoms with van der Waals surface area (Å²) < 4.78 is 27.5. The van der Waals surface area contributed by atoms with Gasteiger partial charge in [0, 0.05) is 6.26 Å². The highest BCUT2D eigenvalue weighted by molar-refractivity contribution is 7.90. The molecule has 0 fully saturated rings. The van der Waals surface area contributed by atoms with Gasteiger partial charge in [-0.15, -0.1) is 0 Å². The Labute approximate surface area is 93.3 Å². The van der Waals surface area contributed by atoms with Gasteiger partial charge >= 0.3 is 0 Å². The van der Waals surface area contributed by atoms with E-state index >= 15 is 0 Å². The minimum Gasteiger partial charge on any atom is -0.484 e. The number of amides is 1. The number of carbonyl (C=O) groups is 1. The van der Waals surface area contributed by atoms with E-state index in [-0.39, 0.29) is 11.5 Å². The summed E-state index contributed by atoms with van der Waals surface area (Å²) in [5.41, 5.74) is 1.90. The van der Waals surface area contributed by atoms with E-state index in [9.17, 15) is 13.2 Å². The second-order valence-corrected chi connectivity index (χ2v) is 5.12. The van der Waals surface area contributed by atoms with Crippen LogP contribution in [-0.2, 0) is 14.6 Å². The number of hydrazine groups is 1. The molecule has 3 N–H and O–H groups in total. The van der Waals surface area contributed by atoms with Gasteiger partial charge in [-0.2, -0.15) is 0 Å². The molecule has 0 saturated heterocycles. The molecule has 0 aliphatic carbocycles. The highest BCUT2D eigenvalue weighted by atomic mass is 32.2. The van der Waals surface area contributed by atoms with Gasteiger partial charge in [-0.05, 0) is 18.2 Å². The topological polar surface area (TPSA) is 98.5 Å². The summed E-state index contributed by atoms with van der Waals surface area (Å²) in [4.78, 5) is 10.9. The van der Waals surface area contributed by atoms with E-state index in [1.165, 1.54) is 18.2 Å². The minimum atomic E-state index is -3.27. The third-order valence-electron chi connectivity index (χ3n) is 1.76. The predicted molar refractivity (Wildman–Crippen MR) is 57.4 cm³/mol. The van der Waals surface area contributed by atoms with Crippen molar-refractivity contribution < 1.29 is 17.9 Å². The molecule has 88 valence electrons. The maximum Gasteiger partial charge on any atom is 0.271 e. The summed E-state index contributed by atoms with van der Waals surface area (Å²) in [7, 11) is -3.27. The van der Waals surface area contributed by atoms with Crippen LogP contribution in [0.3, 0.4) is 0 Å². The zero-order chi connectivity index (χ0) is 12.2. The van der Waals surface area contributed by atoms with Gasteiger partial charge in [-0.3, -0.25) is 10.2 Å². The van der Waals surface area contributed by atoms with Crippen molar-refractivity contribution in [1.82, 2.24) is 5.43 Å². The molecule has 0 aliphatic heterocycles. The molecule has 6 nitrogen and oxygen atoms in total. The third-order valence-corrected chi connectivity index (χ3v) is 2.87. The number of carbonyl (C=O) groups excluding carboxylic acids is 1. The van der Waals surface area contributed by atoms with Crippen molar-refractivity contribution in [1.29, 1.82) is 0 Å². The van der Waals surface area contributed by atoms with E-state index in [4.69, 9.17) is 10.6 Å². The number of nitrogens with one attached hydrogen (secondary N) is 1.